The first-order valence-corrected chi connectivity index (χ1v) is 8.40. The molecule has 0 saturated heterocycles. The monoisotopic (exact) mass is 365 g/mol. The second kappa shape index (κ2) is 6.70. The number of aromatic nitrogens is 2. The summed E-state index contributed by atoms with van der Waals surface area (Å²) in [5.74, 6) is -0.989. The Hall–Kier alpha value is -2.25. The number of hydrogen-bond donors (Lipinski definition) is 1. The highest BCUT2D eigenvalue weighted by Crippen LogP contribution is 2.21. The zero-order valence-corrected chi connectivity index (χ0v) is 14.2. The van der Waals surface area contributed by atoms with Gasteiger partial charge in [-0.15, -0.1) is 11.3 Å². The third kappa shape index (κ3) is 3.32. The molecule has 0 bridgehead atoms. The maximum Gasteiger partial charge on any atom is 0.262 e. The van der Waals surface area contributed by atoms with Crippen LogP contribution in [0.2, 0.25) is 5.02 Å². The van der Waals surface area contributed by atoms with E-state index in [1.54, 1.807) is 0 Å². The van der Waals surface area contributed by atoms with Crippen LogP contribution in [-0.2, 0) is 17.8 Å². The number of thiophene rings is 1. The Bertz CT molecular complexity index is 983. The van der Waals surface area contributed by atoms with Gasteiger partial charge in [0.1, 0.15) is 17.2 Å². The van der Waals surface area contributed by atoms with Crippen molar-refractivity contribution in [2.45, 2.75) is 19.9 Å². The van der Waals surface area contributed by atoms with Gasteiger partial charge in [-0.1, -0.05) is 18.5 Å². The van der Waals surface area contributed by atoms with Crippen molar-refractivity contribution in [1.29, 1.82) is 0 Å². The third-order valence-electron chi connectivity index (χ3n) is 3.43. The summed E-state index contributed by atoms with van der Waals surface area (Å²) in [5.41, 5.74) is 0.0977. The molecule has 0 fully saturated rings. The topological polar surface area (TPSA) is 64.0 Å². The predicted molar refractivity (Wildman–Crippen MR) is 93.3 cm³/mol. The van der Waals surface area contributed by atoms with Crippen LogP contribution < -0.4 is 10.9 Å². The van der Waals surface area contributed by atoms with E-state index in [0.29, 0.717) is 15.9 Å². The second-order valence-electron chi connectivity index (χ2n) is 5.14. The number of fused-ring (bicyclic) bond motifs is 1. The highest BCUT2D eigenvalue weighted by molar-refractivity contribution is 7.18. The van der Waals surface area contributed by atoms with E-state index in [2.05, 4.69) is 10.3 Å². The number of nitrogens with zero attached hydrogens (tertiary/aromatic N) is 2. The first-order valence-electron chi connectivity index (χ1n) is 7.20. The average molecular weight is 366 g/mol. The Morgan fingerprint density at radius 2 is 2.21 bits per heavy atom. The number of hydrogen-bond acceptors (Lipinski definition) is 4. The minimum atomic E-state index is -0.565. The fourth-order valence-corrected chi connectivity index (χ4v) is 3.33. The van der Waals surface area contributed by atoms with Crippen LogP contribution in [0.4, 0.5) is 10.1 Å². The normalized spacial score (nSPS) is 11.0. The number of carbonyl (C=O) groups excluding carboxylic acids is 1. The molecule has 2 aromatic heterocycles. The van der Waals surface area contributed by atoms with Gasteiger partial charge in [0.2, 0.25) is 5.91 Å². The summed E-state index contributed by atoms with van der Waals surface area (Å²) in [6.45, 7) is 1.82. The molecule has 1 N–H and O–H groups in total. The number of amides is 1. The van der Waals surface area contributed by atoms with Gasteiger partial charge in [-0.2, -0.15) is 0 Å². The van der Waals surface area contributed by atoms with Crippen molar-refractivity contribution >= 4 is 44.7 Å². The molecule has 24 heavy (non-hydrogen) atoms. The van der Waals surface area contributed by atoms with Crippen molar-refractivity contribution in [3.05, 3.63) is 56.7 Å². The van der Waals surface area contributed by atoms with E-state index in [4.69, 9.17) is 11.6 Å². The lowest BCUT2D eigenvalue weighted by molar-refractivity contribution is -0.116. The molecular weight excluding hydrogens is 353 g/mol. The lowest BCUT2D eigenvalue weighted by Crippen LogP contribution is -2.27. The summed E-state index contributed by atoms with van der Waals surface area (Å²) in [7, 11) is 0. The molecule has 1 aromatic carbocycles. The molecule has 3 aromatic rings. The predicted octanol–water partition coefficient (Wildman–Crippen LogP) is 3.45. The quantitative estimate of drug-likeness (QED) is 0.770. The van der Waals surface area contributed by atoms with Gasteiger partial charge < -0.3 is 5.32 Å². The Morgan fingerprint density at radius 3 is 2.92 bits per heavy atom. The summed E-state index contributed by atoms with van der Waals surface area (Å²) in [6.07, 6.45) is 2.18. The molecule has 0 unspecified atom stereocenters. The van der Waals surface area contributed by atoms with E-state index in [1.807, 2.05) is 13.0 Å². The minimum Gasteiger partial charge on any atom is -0.324 e. The molecule has 0 aliphatic carbocycles. The summed E-state index contributed by atoms with van der Waals surface area (Å²) >= 11 is 7.14. The molecule has 124 valence electrons. The molecule has 0 aliphatic heterocycles. The average Bonchev–Trinajstić information content (AvgIpc) is 2.98. The van der Waals surface area contributed by atoms with Crippen LogP contribution >= 0.6 is 22.9 Å². The van der Waals surface area contributed by atoms with E-state index in [1.165, 1.54) is 34.4 Å². The number of anilines is 1. The van der Waals surface area contributed by atoms with Crippen molar-refractivity contribution in [2.75, 3.05) is 5.32 Å². The zero-order chi connectivity index (χ0) is 17.3. The number of nitrogens with one attached hydrogen (secondary N) is 1. The van der Waals surface area contributed by atoms with Gasteiger partial charge in [-0.25, -0.2) is 9.37 Å². The molecule has 0 saturated carbocycles. The molecule has 2 heterocycles. The summed E-state index contributed by atoms with van der Waals surface area (Å²) in [5, 5.41) is 3.00. The van der Waals surface area contributed by atoms with E-state index in [9.17, 15) is 14.0 Å². The van der Waals surface area contributed by atoms with E-state index in [0.717, 1.165) is 17.4 Å². The number of carbonyl (C=O) groups is 1. The Morgan fingerprint density at radius 1 is 1.42 bits per heavy atom. The van der Waals surface area contributed by atoms with Crippen LogP contribution in [0.15, 0.2) is 35.4 Å². The summed E-state index contributed by atoms with van der Waals surface area (Å²) < 4.78 is 14.4. The third-order valence-corrected chi connectivity index (χ3v) is 4.91. The van der Waals surface area contributed by atoms with Crippen molar-refractivity contribution in [3.8, 4) is 0 Å². The molecule has 0 radical (unpaired) electrons. The number of rotatable bonds is 4. The van der Waals surface area contributed by atoms with Crippen LogP contribution in [0.1, 0.15) is 11.8 Å². The molecule has 0 spiro atoms. The zero-order valence-electron chi connectivity index (χ0n) is 12.7. The van der Waals surface area contributed by atoms with Gasteiger partial charge in [0, 0.05) is 10.6 Å². The Labute approximate surface area is 145 Å². The van der Waals surface area contributed by atoms with Crippen molar-refractivity contribution in [2.24, 2.45) is 0 Å². The summed E-state index contributed by atoms with van der Waals surface area (Å²) in [6, 6.07) is 5.68. The van der Waals surface area contributed by atoms with E-state index in [-0.39, 0.29) is 17.1 Å². The fourth-order valence-electron chi connectivity index (χ4n) is 2.23. The number of benzene rings is 1. The SMILES string of the molecule is CCc1cc2c(=O)n(CC(=O)Nc3ccc(F)c(Cl)c3)cnc2s1. The van der Waals surface area contributed by atoms with Gasteiger partial charge in [0.25, 0.3) is 5.56 Å². The van der Waals surface area contributed by atoms with Crippen LogP contribution in [0.25, 0.3) is 10.2 Å². The molecule has 0 aliphatic rings. The van der Waals surface area contributed by atoms with Gasteiger partial charge >= 0.3 is 0 Å². The maximum absolute atomic E-state index is 13.1. The lowest BCUT2D eigenvalue weighted by atomic mass is 10.3. The minimum absolute atomic E-state index is 0.0848. The first-order chi connectivity index (χ1) is 11.5. The standard InChI is InChI=1S/C16H13ClFN3O2S/c1-2-10-6-11-15(24-10)19-8-21(16(11)23)7-14(22)20-9-3-4-13(18)12(17)5-9/h3-6,8H,2,7H2,1H3,(H,20,22). The number of aryl methyl sites for hydroxylation is 1. The largest absolute Gasteiger partial charge is 0.324 e. The fraction of sp³-hybridized carbons (Fsp3) is 0.188. The Kier molecular flexibility index (Phi) is 4.64. The number of halogens is 2. The maximum atomic E-state index is 13.1. The van der Waals surface area contributed by atoms with E-state index < -0.39 is 11.7 Å². The van der Waals surface area contributed by atoms with Crippen molar-refractivity contribution < 1.29 is 9.18 Å². The first kappa shape index (κ1) is 16.6. The van der Waals surface area contributed by atoms with E-state index >= 15 is 0 Å². The Balaban J connectivity index is 1.81. The van der Waals surface area contributed by atoms with Gasteiger partial charge in [0.05, 0.1) is 16.7 Å². The van der Waals surface area contributed by atoms with Crippen molar-refractivity contribution in [1.82, 2.24) is 9.55 Å². The van der Waals surface area contributed by atoms with Crippen LogP contribution in [-0.4, -0.2) is 15.5 Å². The highest BCUT2D eigenvalue weighted by Gasteiger charge is 2.11. The highest BCUT2D eigenvalue weighted by atomic mass is 35.5. The van der Waals surface area contributed by atoms with Crippen LogP contribution in [0.3, 0.4) is 0 Å². The second-order valence-corrected chi connectivity index (χ2v) is 6.66. The van der Waals surface area contributed by atoms with Crippen LogP contribution in [0, 0.1) is 5.82 Å². The molecular formula is C16H13ClFN3O2S. The molecule has 1 amide bonds. The molecule has 3 rings (SSSR count). The van der Waals surface area contributed by atoms with Gasteiger partial charge in [-0.05, 0) is 30.7 Å². The molecule has 0 atom stereocenters. The van der Waals surface area contributed by atoms with Crippen molar-refractivity contribution in [3.63, 3.8) is 0 Å². The van der Waals surface area contributed by atoms with Crippen LogP contribution in [0.5, 0.6) is 0 Å². The molecule has 8 heteroatoms. The lowest BCUT2D eigenvalue weighted by Gasteiger charge is -2.07. The smallest absolute Gasteiger partial charge is 0.262 e. The molecule has 5 nitrogen and oxygen atoms in total. The van der Waals surface area contributed by atoms with Gasteiger partial charge in [0.15, 0.2) is 0 Å². The summed E-state index contributed by atoms with van der Waals surface area (Å²) in [4.78, 5) is 30.5. The van der Waals surface area contributed by atoms with Gasteiger partial charge in [-0.3, -0.25) is 14.2 Å².